The van der Waals surface area contributed by atoms with Gasteiger partial charge in [-0.2, -0.15) is 5.26 Å². The van der Waals surface area contributed by atoms with Gasteiger partial charge in [-0.25, -0.2) is 0 Å². The molecule has 1 fully saturated rings. The first-order valence-corrected chi connectivity index (χ1v) is 5.38. The van der Waals surface area contributed by atoms with Crippen molar-refractivity contribution in [2.45, 2.75) is 31.7 Å². The molecule has 74 valence electrons. The molecule has 1 heterocycles. The molecule has 1 N–H and O–H groups in total. The van der Waals surface area contributed by atoms with E-state index in [4.69, 9.17) is 5.26 Å². The van der Waals surface area contributed by atoms with E-state index >= 15 is 0 Å². The van der Waals surface area contributed by atoms with Crippen molar-refractivity contribution in [2.24, 2.45) is 0 Å². The first kappa shape index (κ1) is 9.53. The Morgan fingerprint density at radius 3 is 2.93 bits per heavy atom. The first-order valence-electron chi connectivity index (χ1n) is 4.59. The number of hydrogen-bond acceptors (Lipinski definition) is 2. The van der Waals surface area contributed by atoms with Gasteiger partial charge < -0.3 is 0 Å². The first-order chi connectivity index (χ1) is 6.74. The maximum atomic E-state index is 11.6. The lowest BCUT2D eigenvalue weighted by Crippen LogP contribution is -2.16. The Labute approximate surface area is 89.6 Å². The standard InChI is InChI=1S/C9H10BrN3O/c10-7-8(6-2-3-6)12-13(9(7)14)5-1-4-11/h6,12H,1-3,5H2. The normalized spacial score (nSPS) is 15.4. The minimum atomic E-state index is -0.0536. The molecular weight excluding hydrogens is 246 g/mol. The van der Waals surface area contributed by atoms with Gasteiger partial charge in [0.15, 0.2) is 0 Å². The largest absolute Gasteiger partial charge is 0.298 e. The van der Waals surface area contributed by atoms with E-state index in [1.807, 2.05) is 6.07 Å². The second-order valence-electron chi connectivity index (χ2n) is 3.48. The Bertz CT molecular complexity index is 436. The molecule has 5 heteroatoms. The average molecular weight is 256 g/mol. The quantitative estimate of drug-likeness (QED) is 0.895. The van der Waals surface area contributed by atoms with Crippen molar-refractivity contribution in [2.75, 3.05) is 0 Å². The van der Waals surface area contributed by atoms with Gasteiger partial charge in [0.1, 0.15) is 4.47 Å². The highest BCUT2D eigenvalue weighted by Crippen LogP contribution is 2.41. The minimum absolute atomic E-state index is 0.0536. The topological polar surface area (TPSA) is 61.6 Å². The summed E-state index contributed by atoms with van der Waals surface area (Å²) in [6.45, 7) is 0.445. The molecule has 0 aromatic carbocycles. The van der Waals surface area contributed by atoms with Crippen molar-refractivity contribution in [1.82, 2.24) is 9.78 Å². The smallest absolute Gasteiger partial charge is 0.281 e. The maximum absolute atomic E-state index is 11.6. The van der Waals surface area contributed by atoms with Crippen molar-refractivity contribution in [1.29, 1.82) is 5.26 Å². The van der Waals surface area contributed by atoms with Crippen LogP contribution in [0.2, 0.25) is 0 Å². The number of aromatic nitrogens is 2. The number of nitriles is 1. The molecule has 0 unspecified atom stereocenters. The maximum Gasteiger partial charge on any atom is 0.281 e. The van der Waals surface area contributed by atoms with E-state index in [1.54, 1.807) is 0 Å². The van der Waals surface area contributed by atoms with E-state index in [1.165, 1.54) is 4.68 Å². The molecule has 1 aliphatic rings. The van der Waals surface area contributed by atoms with Crippen LogP contribution in [0.1, 0.15) is 30.9 Å². The summed E-state index contributed by atoms with van der Waals surface area (Å²) < 4.78 is 2.14. The van der Waals surface area contributed by atoms with Crippen molar-refractivity contribution in [3.63, 3.8) is 0 Å². The number of rotatable bonds is 3. The predicted octanol–water partition coefficient (Wildman–Crippen LogP) is 1.73. The summed E-state index contributed by atoms with van der Waals surface area (Å²) >= 11 is 3.29. The molecule has 0 spiro atoms. The number of aryl methyl sites for hydroxylation is 1. The third-order valence-electron chi connectivity index (χ3n) is 2.36. The highest BCUT2D eigenvalue weighted by Gasteiger charge is 2.29. The van der Waals surface area contributed by atoms with Gasteiger partial charge in [-0.15, -0.1) is 0 Å². The van der Waals surface area contributed by atoms with Crippen LogP contribution in [-0.2, 0) is 6.54 Å². The molecule has 0 radical (unpaired) electrons. The molecule has 14 heavy (non-hydrogen) atoms. The van der Waals surface area contributed by atoms with Crippen LogP contribution in [-0.4, -0.2) is 9.78 Å². The van der Waals surface area contributed by atoms with Gasteiger partial charge in [0.25, 0.3) is 5.56 Å². The molecule has 0 bridgehead atoms. The lowest BCUT2D eigenvalue weighted by atomic mass is 10.3. The zero-order valence-corrected chi connectivity index (χ0v) is 9.17. The zero-order chi connectivity index (χ0) is 10.1. The van der Waals surface area contributed by atoms with E-state index in [9.17, 15) is 4.79 Å². The SMILES string of the molecule is N#CCCn1[nH]c(C2CC2)c(Br)c1=O. The molecule has 0 amide bonds. The van der Waals surface area contributed by atoms with Crippen LogP contribution in [0.25, 0.3) is 0 Å². The Hall–Kier alpha value is -1.02. The van der Waals surface area contributed by atoms with E-state index in [0.717, 1.165) is 18.5 Å². The lowest BCUT2D eigenvalue weighted by Gasteiger charge is -1.95. The Morgan fingerprint density at radius 2 is 2.36 bits per heavy atom. The third kappa shape index (κ3) is 1.62. The minimum Gasteiger partial charge on any atom is -0.298 e. The fraction of sp³-hybridized carbons (Fsp3) is 0.556. The van der Waals surface area contributed by atoms with Crippen LogP contribution in [0, 0.1) is 11.3 Å². The third-order valence-corrected chi connectivity index (χ3v) is 3.12. The van der Waals surface area contributed by atoms with Crippen LogP contribution in [0.15, 0.2) is 9.27 Å². The number of hydrogen-bond donors (Lipinski definition) is 1. The number of H-pyrrole nitrogens is 1. The molecule has 1 aliphatic carbocycles. The van der Waals surface area contributed by atoms with E-state index < -0.39 is 0 Å². The van der Waals surface area contributed by atoms with Crippen LogP contribution in [0.4, 0.5) is 0 Å². The summed E-state index contributed by atoms with van der Waals surface area (Å²) in [6, 6.07) is 2.02. The van der Waals surface area contributed by atoms with Crippen LogP contribution >= 0.6 is 15.9 Å². The van der Waals surface area contributed by atoms with Crippen molar-refractivity contribution in [3.8, 4) is 6.07 Å². The van der Waals surface area contributed by atoms with E-state index in [0.29, 0.717) is 23.4 Å². The Kier molecular flexibility index (Phi) is 2.46. The summed E-state index contributed by atoms with van der Waals surface area (Å²) in [6.07, 6.45) is 2.66. The van der Waals surface area contributed by atoms with Gasteiger partial charge in [-0.05, 0) is 28.8 Å². The lowest BCUT2D eigenvalue weighted by molar-refractivity contribution is 0.599. The number of aromatic amines is 1. The fourth-order valence-corrected chi connectivity index (χ4v) is 2.07. The van der Waals surface area contributed by atoms with Crippen molar-refractivity contribution < 1.29 is 0 Å². The molecule has 1 aromatic rings. The van der Waals surface area contributed by atoms with E-state index in [-0.39, 0.29) is 5.56 Å². The molecule has 1 aromatic heterocycles. The van der Waals surface area contributed by atoms with Gasteiger partial charge in [0, 0.05) is 5.92 Å². The number of halogens is 1. The highest BCUT2D eigenvalue weighted by atomic mass is 79.9. The summed E-state index contributed by atoms with van der Waals surface area (Å²) in [7, 11) is 0. The van der Waals surface area contributed by atoms with Gasteiger partial charge in [-0.1, -0.05) is 0 Å². The van der Waals surface area contributed by atoms with Gasteiger partial charge >= 0.3 is 0 Å². The fourth-order valence-electron chi connectivity index (χ4n) is 1.44. The van der Waals surface area contributed by atoms with Crippen LogP contribution < -0.4 is 5.56 Å². The molecule has 0 atom stereocenters. The van der Waals surface area contributed by atoms with Crippen LogP contribution in [0.5, 0.6) is 0 Å². The summed E-state index contributed by atoms with van der Waals surface area (Å²) in [5.74, 6) is 0.514. The predicted molar refractivity (Wildman–Crippen MR) is 55.0 cm³/mol. The summed E-state index contributed by atoms with van der Waals surface area (Å²) in [5, 5.41) is 11.5. The summed E-state index contributed by atoms with van der Waals surface area (Å²) in [4.78, 5) is 11.6. The van der Waals surface area contributed by atoms with Crippen LogP contribution in [0.3, 0.4) is 0 Å². The van der Waals surface area contributed by atoms with E-state index in [2.05, 4.69) is 21.0 Å². The van der Waals surface area contributed by atoms with Gasteiger partial charge in [0.05, 0.1) is 24.7 Å². The Balaban J connectivity index is 2.28. The number of nitrogens with one attached hydrogen (secondary N) is 1. The molecular formula is C9H10BrN3O. The van der Waals surface area contributed by atoms with Gasteiger partial charge in [0.2, 0.25) is 0 Å². The highest BCUT2D eigenvalue weighted by molar-refractivity contribution is 9.10. The average Bonchev–Trinajstić information content (AvgIpc) is 2.96. The molecule has 0 saturated heterocycles. The Morgan fingerprint density at radius 1 is 1.64 bits per heavy atom. The second-order valence-corrected chi connectivity index (χ2v) is 4.27. The second kappa shape index (κ2) is 3.62. The molecule has 1 saturated carbocycles. The van der Waals surface area contributed by atoms with Gasteiger partial charge in [-0.3, -0.25) is 14.6 Å². The molecule has 4 nitrogen and oxygen atoms in total. The molecule has 0 aliphatic heterocycles. The zero-order valence-electron chi connectivity index (χ0n) is 7.59. The van der Waals surface area contributed by atoms with Crippen molar-refractivity contribution >= 4 is 15.9 Å². The summed E-state index contributed by atoms with van der Waals surface area (Å²) in [5.41, 5.74) is 0.940. The molecule has 2 rings (SSSR count). The van der Waals surface area contributed by atoms with Crippen molar-refractivity contribution in [3.05, 3.63) is 20.5 Å². The number of nitrogens with zero attached hydrogens (tertiary/aromatic N) is 2. The monoisotopic (exact) mass is 255 g/mol.